The van der Waals surface area contributed by atoms with Gasteiger partial charge in [-0.1, -0.05) is 53.9 Å². The zero-order chi connectivity index (χ0) is 18.2. The highest BCUT2D eigenvalue weighted by Gasteiger charge is 2.58. The van der Waals surface area contributed by atoms with E-state index in [2.05, 4.69) is 6.92 Å². The van der Waals surface area contributed by atoms with Crippen LogP contribution in [0.1, 0.15) is 86.0 Å². The van der Waals surface area contributed by atoms with Crippen LogP contribution in [0.3, 0.4) is 0 Å². The van der Waals surface area contributed by atoms with Gasteiger partial charge in [-0.25, -0.2) is 29.1 Å². The first-order valence-electron chi connectivity index (χ1n) is 9.24. The molecule has 0 bridgehead atoms. The van der Waals surface area contributed by atoms with Gasteiger partial charge >= 0.3 is 11.9 Å². The summed E-state index contributed by atoms with van der Waals surface area (Å²) in [5.74, 6) is -1.17. The Labute approximate surface area is 145 Å². The van der Waals surface area contributed by atoms with Crippen molar-refractivity contribution in [3.8, 4) is 0 Å². The van der Waals surface area contributed by atoms with E-state index in [4.69, 9.17) is 19.6 Å². The Morgan fingerprint density at radius 2 is 1.71 bits per heavy atom. The average Bonchev–Trinajstić information content (AvgIpc) is 2.59. The first-order valence-corrected chi connectivity index (χ1v) is 9.24. The van der Waals surface area contributed by atoms with Crippen molar-refractivity contribution >= 4 is 11.9 Å². The second-order valence-corrected chi connectivity index (χ2v) is 6.53. The standard InChI is InChI=1S/C18H32O6/c1-6-11-13-17(8-3,9-4)15(19)22-23-16(20)18(10-5)14(12-7-2)21-24-18/h14H,6-13H2,1-5H3. The van der Waals surface area contributed by atoms with Crippen molar-refractivity contribution in [2.75, 3.05) is 0 Å². The Bertz CT molecular complexity index is 391. The SMILES string of the molecule is CCCCC(CC)(CC)C(=O)OOC(=O)C1(CC)OOC1CCC. The Morgan fingerprint density at radius 3 is 2.12 bits per heavy atom. The summed E-state index contributed by atoms with van der Waals surface area (Å²) >= 11 is 0. The molecule has 2 atom stereocenters. The van der Waals surface area contributed by atoms with Crippen LogP contribution in [0, 0.1) is 5.41 Å². The molecular formula is C18H32O6. The van der Waals surface area contributed by atoms with E-state index >= 15 is 0 Å². The number of carbonyl (C=O) groups excluding carboxylic acids is 2. The van der Waals surface area contributed by atoms with E-state index in [9.17, 15) is 9.59 Å². The zero-order valence-corrected chi connectivity index (χ0v) is 15.7. The molecule has 24 heavy (non-hydrogen) atoms. The molecule has 0 N–H and O–H groups in total. The third-order valence-corrected chi connectivity index (χ3v) is 5.24. The lowest BCUT2D eigenvalue weighted by molar-refractivity contribution is -0.502. The molecule has 0 radical (unpaired) electrons. The van der Waals surface area contributed by atoms with Crippen LogP contribution in [0.15, 0.2) is 0 Å². The molecule has 140 valence electrons. The molecule has 0 aromatic heterocycles. The first kappa shape index (κ1) is 20.9. The van der Waals surface area contributed by atoms with E-state index in [1.807, 2.05) is 27.7 Å². The second kappa shape index (κ2) is 9.37. The van der Waals surface area contributed by atoms with Gasteiger partial charge in [0.05, 0.1) is 5.41 Å². The van der Waals surface area contributed by atoms with Gasteiger partial charge in [-0.15, -0.1) is 0 Å². The number of carbonyl (C=O) groups is 2. The van der Waals surface area contributed by atoms with E-state index < -0.39 is 23.0 Å². The van der Waals surface area contributed by atoms with E-state index in [0.29, 0.717) is 25.7 Å². The van der Waals surface area contributed by atoms with E-state index in [1.54, 1.807) is 0 Å². The van der Waals surface area contributed by atoms with E-state index in [1.165, 1.54) is 0 Å². The van der Waals surface area contributed by atoms with Gasteiger partial charge in [0.1, 0.15) is 6.10 Å². The summed E-state index contributed by atoms with van der Waals surface area (Å²) < 4.78 is 0. The third-order valence-electron chi connectivity index (χ3n) is 5.24. The summed E-state index contributed by atoms with van der Waals surface area (Å²) in [6, 6.07) is 0. The summed E-state index contributed by atoms with van der Waals surface area (Å²) in [5.41, 5.74) is -1.77. The minimum absolute atomic E-state index is 0.360. The molecule has 6 heteroatoms. The van der Waals surface area contributed by atoms with E-state index in [-0.39, 0.29) is 6.10 Å². The fourth-order valence-corrected chi connectivity index (χ4v) is 3.12. The topological polar surface area (TPSA) is 71.1 Å². The molecule has 0 spiro atoms. The highest BCUT2D eigenvalue weighted by Crippen LogP contribution is 2.38. The second-order valence-electron chi connectivity index (χ2n) is 6.53. The van der Waals surface area contributed by atoms with Gasteiger partial charge in [0, 0.05) is 0 Å². The minimum Gasteiger partial charge on any atom is -0.247 e. The maximum absolute atomic E-state index is 12.5. The molecule has 2 unspecified atom stereocenters. The van der Waals surface area contributed by atoms with Crippen molar-refractivity contribution < 1.29 is 29.1 Å². The predicted octanol–water partition coefficient (Wildman–Crippen LogP) is 4.26. The lowest BCUT2D eigenvalue weighted by Crippen LogP contribution is -2.61. The number of hydrogen-bond acceptors (Lipinski definition) is 6. The summed E-state index contributed by atoms with van der Waals surface area (Å²) in [7, 11) is 0. The summed E-state index contributed by atoms with van der Waals surface area (Å²) in [5, 5.41) is 0. The molecule has 1 aliphatic rings. The first-order chi connectivity index (χ1) is 11.5. The van der Waals surface area contributed by atoms with Crippen LogP contribution in [0.2, 0.25) is 0 Å². The van der Waals surface area contributed by atoms with E-state index in [0.717, 1.165) is 25.7 Å². The molecule has 0 aromatic carbocycles. The molecule has 0 amide bonds. The normalized spacial score (nSPS) is 23.5. The Morgan fingerprint density at radius 1 is 1.04 bits per heavy atom. The molecule has 1 rings (SSSR count). The van der Waals surface area contributed by atoms with Crippen LogP contribution in [-0.2, 0) is 29.1 Å². The fraction of sp³-hybridized carbons (Fsp3) is 0.889. The highest BCUT2D eigenvalue weighted by atomic mass is 17.3. The van der Waals surface area contributed by atoms with Crippen LogP contribution in [-0.4, -0.2) is 23.6 Å². The van der Waals surface area contributed by atoms with Gasteiger partial charge in [-0.3, -0.25) is 0 Å². The maximum atomic E-state index is 12.5. The van der Waals surface area contributed by atoms with Crippen LogP contribution in [0.5, 0.6) is 0 Å². The molecule has 1 heterocycles. The predicted molar refractivity (Wildman–Crippen MR) is 88.6 cm³/mol. The minimum atomic E-state index is -1.17. The molecule has 0 aliphatic carbocycles. The maximum Gasteiger partial charge on any atom is 0.393 e. The monoisotopic (exact) mass is 344 g/mol. The van der Waals surface area contributed by atoms with Crippen LogP contribution in [0.25, 0.3) is 0 Å². The number of rotatable bonds is 10. The van der Waals surface area contributed by atoms with Gasteiger partial charge in [0.2, 0.25) is 5.60 Å². The molecule has 1 aliphatic heterocycles. The lowest BCUT2D eigenvalue weighted by atomic mass is 9.78. The highest BCUT2D eigenvalue weighted by molar-refractivity contribution is 5.82. The molecule has 0 saturated carbocycles. The van der Waals surface area contributed by atoms with Crippen LogP contribution < -0.4 is 0 Å². The van der Waals surface area contributed by atoms with Gasteiger partial charge in [-0.05, 0) is 32.1 Å². The Kier molecular flexibility index (Phi) is 8.16. The van der Waals surface area contributed by atoms with Gasteiger partial charge < -0.3 is 0 Å². The van der Waals surface area contributed by atoms with Crippen molar-refractivity contribution in [2.24, 2.45) is 5.41 Å². The van der Waals surface area contributed by atoms with Crippen molar-refractivity contribution in [3.05, 3.63) is 0 Å². The Balaban J connectivity index is 2.69. The number of unbranched alkanes of at least 4 members (excludes halogenated alkanes) is 1. The molecule has 0 aromatic rings. The molecule has 6 nitrogen and oxygen atoms in total. The molecule has 1 fully saturated rings. The molecular weight excluding hydrogens is 312 g/mol. The lowest BCUT2D eigenvalue weighted by Gasteiger charge is -2.43. The van der Waals surface area contributed by atoms with Crippen LogP contribution >= 0.6 is 0 Å². The quantitative estimate of drug-likeness (QED) is 0.435. The average molecular weight is 344 g/mol. The van der Waals surface area contributed by atoms with Crippen molar-refractivity contribution in [1.82, 2.24) is 0 Å². The third kappa shape index (κ3) is 4.09. The number of hydrogen-bond donors (Lipinski definition) is 0. The molecule has 1 saturated heterocycles. The smallest absolute Gasteiger partial charge is 0.247 e. The van der Waals surface area contributed by atoms with Crippen molar-refractivity contribution in [3.63, 3.8) is 0 Å². The van der Waals surface area contributed by atoms with Gasteiger partial charge in [0.25, 0.3) is 0 Å². The van der Waals surface area contributed by atoms with Gasteiger partial charge in [0.15, 0.2) is 0 Å². The van der Waals surface area contributed by atoms with Crippen molar-refractivity contribution in [1.29, 1.82) is 0 Å². The summed E-state index contributed by atoms with van der Waals surface area (Å²) in [6.07, 6.45) is 5.53. The zero-order valence-electron chi connectivity index (χ0n) is 15.7. The Hall–Kier alpha value is -1.14. The fourth-order valence-electron chi connectivity index (χ4n) is 3.12. The van der Waals surface area contributed by atoms with Crippen molar-refractivity contribution in [2.45, 2.75) is 97.7 Å². The van der Waals surface area contributed by atoms with Crippen LogP contribution in [0.4, 0.5) is 0 Å². The summed E-state index contributed by atoms with van der Waals surface area (Å²) in [6.45, 7) is 9.80. The summed E-state index contributed by atoms with van der Waals surface area (Å²) in [4.78, 5) is 44.8. The van der Waals surface area contributed by atoms with Gasteiger partial charge in [-0.2, -0.15) is 0 Å². The largest absolute Gasteiger partial charge is 0.393 e.